The molecule has 0 radical (unpaired) electrons. The van der Waals surface area contributed by atoms with Crippen LogP contribution in [0.3, 0.4) is 0 Å². The maximum Gasteiger partial charge on any atom is 0.263 e. The van der Waals surface area contributed by atoms with E-state index < -0.39 is 0 Å². The molecule has 0 aliphatic heterocycles. The van der Waals surface area contributed by atoms with Crippen molar-refractivity contribution in [3.8, 4) is 11.5 Å². The molecule has 0 spiro atoms. The number of thiophene rings is 1. The number of nitrogens with zero attached hydrogens (tertiary/aromatic N) is 3. The van der Waals surface area contributed by atoms with E-state index in [-0.39, 0.29) is 18.0 Å². The van der Waals surface area contributed by atoms with Crippen LogP contribution in [0.1, 0.15) is 29.6 Å². The lowest BCUT2D eigenvalue weighted by molar-refractivity contribution is -0.116. The molecule has 1 atom stereocenters. The highest BCUT2D eigenvalue weighted by Gasteiger charge is 2.25. The van der Waals surface area contributed by atoms with Gasteiger partial charge in [-0.3, -0.25) is 14.2 Å². The van der Waals surface area contributed by atoms with Gasteiger partial charge in [-0.1, -0.05) is 25.1 Å². The number of aryl methyl sites for hydroxylation is 1. The van der Waals surface area contributed by atoms with Gasteiger partial charge >= 0.3 is 0 Å². The molecule has 1 N–H and O–H groups in total. The Balaban J connectivity index is 1.38. The van der Waals surface area contributed by atoms with Crippen molar-refractivity contribution in [3.05, 3.63) is 81.2 Å². The SMILES string of the molecule is CC1CCc2c(sc3nc(CN(C)C)n(CC(=O)Nc4ccc(Oc5ccccc5)cc4)c(=O)c23)C1. The number of rotatable bonds is 7. The number of aromatic nitrogens is 2. The second kappa shape index (κ2) is 10.2. The number of hydrogen-bond acceptors (Lipinski definition) is 6. The molecule has 1 aliphatic rings. The van der Waals surface area contributed by atoms with Crippen LogP contribution >= 0.6 is 11.3 Å². The Morgan fingerprint density at radius 2 is 1.86 bits per heavy atom. The van der Waals surface area contributed by atoms with Crippen molar-refractivity contribution in [2.24, 2.45) is 5.92 Å². The number of fused-ring (bicyclic) bond motifs is 3. The number of benzene rings is 2. The van der Waals surface area contributed by atoms with Crippen LogP contribution in [0.2, 0.25) is 0 Å². The summed E-state index contributed by atoms with van der Waals surface area (Å²) in [5, 5.41) is 3.60. The van der Waals surface area contributed by atoms with Crippen LogP contribution in [0, 0.1) is 5.92 Å². The summed E-state index contributed by atoms with van der Waals surface area (Å²) < 4.78 is 7.35. The molecule has 0 saturated heterocycles. The predicted octanol–water partition coefficient (Wildman–Crippen LogP) is 5.08. The first-order valence-electron chi connectivity index (χ1n) is 12.2. The molecule has 1 unspecified atom stereocenters. The van der Waals surface area contributed by atoms with Gasteiger partial charge in [-0.2, -0.15) is 0 Å². The topological polar surface area (TPSA) is 76.5 Å². The molecule has 2 heterocycles. The summed E-state index contributed by atoms with van der Waals surface area (Å²) in [5.74, 6) is 2.37. The largest absolute Gasteiger partial charge is 0.457 e. The molecule has 2 aromatic heterocycles. The summed E-state index contributed by atoms with van der Waals surface area (Å²) in [6, 6.07) is 16.7. The predicted molar refractivity (Wildman–Crippen MR) is 144 cm³/mol. The Bertz CT molecular complexity index is 1440. The Labute approximate surface area is 214 Å². The van der Waals surface area contributed by atoms with Gasteiger partial charge in [0.2, 0.25) is 5.91 Å². The second-order valence-electron chi connectivity index (χ2n) is 9.68. The van der Waals surface area contributed by atoms with Gasteiger partial charge in [-0.05, 0) is 81.2 Å². The first-order valence-corrected chi connectivity index (χ1v) is 13.0. The van der Waals surface area contributed by atoms with Crippen molar-refractivity contribution in [1.29, 1.82) is 0 Å². The van der Waals surface area contributed by atoms with Gasteiger partial charge in [0.05, 0.1) is 11.9 Å². The first-order chi connectivity index (χ1) is 17.4. The van der Waals surface area contributed by atoms with Crippen molar-refractivity contribution in [3.63, 3.8) is 0 Å². The monoisotopic (exact) mass is 502 g/mol. The smallest absolute Gasteiger partial charge is 0.263 e. The second-order valence-corrected chi connectivity index (χ2v) is 10.8. The third-order valence-corrected chi connectivity index (χ3v) is 7.52. The molecule has 0 fully saturated rings. The summed E-state index contributed by atoms with van der Waals surface area (Å²) in [7, 11) is 3.86. The lowest BCUT2D eigenvalue weighted by Crippen LogP contribution is -2.33. The van der Waals surface area contributed by atoms with Gasteiger partial charge in [-0.15, -0.1) is 11.3 Å². The molecule has 7 nitrogen and oxygen atoms in total. The molecular formula is C28H30N4O3S. The Morgan fingerprint density at radius 3 is 2.58 bits per heavy atom. The van der Waals surface area contributed by atoms with Gasteiger partial charge in [0.15, 0.2) is 0 Å². The molecule has 186 valence electrons. The van der Waals surface area contributed by atoms with Crippen molar-refractivity contribution in [2.45, 2.75) is 39.3 Å². The molecule has 2 aromatic carbocycles. The van der Waals surface area contributed by atoms with E-state index in [9.17, 15) is 9.59 Å². The van der Waals surface area contributed by atoms with Gasteiger partial charge in [0.1, 0.15) is 28.7 Å². The van der Waals surface area contributed by atoms with Crippen LogP contribution in [0.15, 0.2) is 59.4 Å². The molecule has 1 aliphatic carbocycles. The number of para-hydroxylation sites is 1. The summed E-state index contributed by atoms with van der Waals surface area (Å²) in [4.78, 5) is 35.6. The molecule has 8 heteroatoms. The minimum absolute atomic E-state index is 0.0891. The molecule has 0 saturated carbocycles. The fourth-order valence-corrected chi connectivity index (χ4v) is 6.00. The van der Waals surface area contributed by atoms with Gasteiger partial charge in [0, 0.05) is 10.6 Å². The van der Waals surface area contributed by atoms with E-state index in [4.69, 9.17) is 9.72 Å². The van der Waals surface area contributed by atoms with Crippen molar-refractivity contribution < 1.29 is 9.53 Å². The number of carbonyl (C=O) groups excluding carboxylic acids is 1. The number of ether oxygens (including phenoxy) is 1. The van der Waals surface area contributed by atoms with E-state index in [0.29, 0.717) is 35.1 Å². The molecule has 36 heavy (non-hydrogen) atoms. The molecule has 4 aromatic rings. The Morgan fingerprint density at radius 1 is 1.14 bits per heavy atom. The fraction of sp³-hybridized carbons (Fsp3) is 0.321. The Hall–Kier alpha value is -3.49. The molecule has 0 bridgehead atoms. The lowest BCUT2D eigenvalue weighted by Gasteiger charge is -2.18. The maximum absolute atomic E-state index is 13.7. The van der Waals surface area contributed by atoms with Crippen molar-refractivity contribution >= 4 is 33.1 Å². The normalized spacial score (nSPS) is 15.2. The third-order valence-electron chi connectivity index (χ3n) is 6.37. The van der Waals surface area contributed by atoms with E-state index >= 15 is 0 Å². The molecule has 1 amide bonds. The molecule has 5 rings (SSSR count). The highest BCUT2D eigenvalue weighted by atomic mass is 32.1. The van der Waals surface area contributed by atoms with Gasteiger partial charge in [0.25, 0.3) is 5.56 Å². The van der Waals surface area contributed by atoms with E-state index in [1.807, 2.05) is 49.3 Å². The number of carbonyl (C=O) groups is 1. The highest BCUT2D eigenvalue weighted by molar-refractivity contribution is 7.18. The maximum atomic E-state index is 13.7. The van der Waals surface area contributed by atoms with Crippen LogP contribution in [-0.4, -0.2) is 34.5 Å². The van der Waals surface area contributed by atoms with Crippen molar-refractivity contribution in [2.75, 3.05) is 19.4 Å². The zero-order valence-electron chi connectivity index (χ0n) is 20.8. The van der Waals surface area contributed by atoms with Crippen LogP contribution in [0.4, 0.5) is 5.69 Å². The van der Waals surface area contributed by atoms with E-state index in [0.717, 1.165) is 35.4 Å². The number of amides is 1. The number of hydrogen-bond donors (Lipinski definition) is 1. The summed E-state index contributed by atoms with van der Waals surface area (Å²) in [5.41, 5.74) is 1.65. The highest BCUT2D eigenvalue weighted by Crippen LogP contribution is 2.36. The summed E-state index contributed by atoms with van der Waals surface area (Å²) in [6.45, 7) is 2.64. The average molecular weight is 503 g/mol. The van der Waals surface area contributed by atoms with Crippen LogP contribution in [0.25, 0.3) is 10.2 Å². The fourth-order valence-electron chi connectivity index (χ4n) is 4.61. The summed E-state index contributed by atoms with van der Waals surface area (Å²) >= 11 is 1.64. The summed E-state index contributed by atoms with van der Waals surface area (Å²) in [6.07, 6.45) is 2.95. The number of anilines is 1. The zero-order chi connectivity index (χ0) is 25.2. The van der Waals surface area contributed by atoms with E-state index in [2.05, 4.69) is 12.2 Å². The standard InChI is InChI=1S/C28H30N4O3S/c1-18-9-14-22-23(15-18)36-27-26(22)28(34)32(24(30-27)16-31(2)3)17-25(33)29-19-10-12-21(13-11-19)35-20-7-5-4-6-8-20/h4-8,10-13,18H,9,14-17H2,1-3H3,(H,29,33). The quantitative estimate of drug-likeness (QED) is 0.382. The minimum atomic E-state index is -0.271. The van der Waals surface area contributed by atoms with Gasteiger partial charge < -0.3 is 15.0 Å². The minimum Gasteiger partial charge on any atom is -0.457 e. The zero-order valence-corrected chi connectivity index (χ0v) is 21.6. The lowest BCUT2D eigenvalue weighted by atomic mass is 9.89. The molecular weight excluding hydrogens is 472 g/mol. The van der Waals surface area contributed by atoms with Crippen LogP contribution in [0.5, 0.6) is 11.5 Å². The van der Waals surface area contributed by atoms with E-state index in [1.54, 1.807) is 35.6 Å². The Kier molecular flexibility index (Phi) is 6.89. The first kappa shape index (κ1) is 24.2. The third kappa shape index (κ3) is 5.20. The van der Waals surface area contributed by atoms with Crippen LogP contribution in [-0.2, 0) is 30.7 Å². The average Bonchev–Trinajstić information content (AvgIpc) is 3.20. The van der Waals surface area contributed by atoms with Crippen LogP contribution < -0.4 is 15.6 Å². The van der Waals surface area contributed by atoms with E-state index in [1.165, 1.54) is 9.44 Å². The van der Waals surface area contributed by atoms with Crippen molar-refractivity contribution in [1.82, 2.24) is 14.5 Å². The van der Waals surface area contributed by atoms with Gasteiger partial charge in [-0.25, -0.2) is 4.98 Å². The number of nitrogens with one attached hydrogen (secondary N) is 1.